The fraction of sp³-hybridized carbons (Fsp3) is 0.421. The zero-order valence-electron chi connectivity index (χ0n) is 31.3. The summed E-state index contributed by atoms with van der Waals surface area (Å²) in [4.78, 5) is 65.3. The minimum atomic E-state index is -4.62. The summed E-state index contributed by atoms with van der Waals surface area (Å²) in [5.41, 5.74) is -0.243. The van der Waals surface area contributed by atoms with Crippen molar-refractivity contribution in [3.8, 4) is 17.1 Å². The summed E-state index contributed by atoms with van der Waals surface area (Å²) in [6, 6.07) is 6.40. The van der Waals surface area contributed by atoms with Gasteiger partial charge in [0.2, 0.25) is 11.7 Å². The average Bonchev–Trinajstić information content (AvgIpc) is 3.75. The van der Waals surface area contributed by atoms with Gasteiger partial charge in [-0.1, -0.05) is 18.5 Å². The number of likely N-dealkylation sites (tertiary alicyclic amines) is 1. The first kappa shape index (κ1) is 38.3. The van der Waals surface area contributed by atoms with Crippen LogP contribution >= 0.6 is 11.6 Å². The molecule has 2 fully saturated rings. The van der Waals surface area contributed by atoms with Crippen molar-refractivity contribution in [1.29, 1.82) is 0 Å². The van der Waals surface area contributed by atoms with E-state index < -0.39 is 34.5 Å². The zero-order chi connectivity index (χ0) is 40.4. The van der Waals surface area contributed by atoms with Gasteiger partial charge in [0.15, 0.2) is 17.3 Å². The van der Waals surface area contributed by atoms with Gasteiger partial charge in [-0.25, -0.2) is 15.0 Å². The van der Waals surface area contributed by atoms with Gasteiger partial charge >= 0.3 is 6.18 Å². The van der Waals surface area contributed by atoms with E-state index in [1.807, 2.05) is 19.1 Å². The number of pyridine rings is 1. The summed E-state index contributed by atoms with van der Waals surface area (Å²) in [6.45, 7) is 7.19. The summed E-state index contributed by atoms with van der Waals surface area (Å²) in [5, 5.41) is 17.5. The Morgan fingerprint density at radius 1 is 1.04 bits per heavy atom. The van der Waals surface area contributed by atoms with Gasteiger partial charge in [-0.05, 0) is 69.5 Å². The molecule has 15 nitrogen and oxygen atoms in total. The summed E-state index contributed by atoms with van der Waals surface area (Å²) in [5.74, 6) is -0.444. The molecule has 3 aliphatic rings. The van der Waals surface area contributed by atoms with Crippen LogP contribution < -0.4 is 15.8 Å². The van der Waals surface area contributed by atoms with Gasteiger partial charge in [0.25, 0.3) is 11.5 Å². The minimum absolute atomic E-state index is 0.0106. The molecular weight excluding hydrogens is 767 g/mol. The SMILES string of the molecule is Cc1ncnc(C(=O)N2CCC3(CC2)CC(C)c2c3c(=O)n3nc(-c4ccc(N5CCN(C)CC5)nc4)nc3n2CC(=O)Nc2ccc(C(F)(F)F)cc2Cl)c1O. The largest absolute Gasteiger partial charge is 0.504 e. The third kappa shape index (κ3) is 6.94. The molecule has 8 rings (SSSR count). The van der Waals surface area contributed by atoms with Crippen LogP contribution in [-0.2, 0) is 22.9 Å². The van der Waals surface area contributed by atoms with Crippen LogP contribution in [0.2, 0.25) is 5.02 Å². The molecule has 0 radical (unpaired) electrons. The number of aromatic hydroxyl groups is 1. The van der Waals surface area contributed by atoms with E-state index in [0.717, 1.165) is 50.2 Å². The number of fused-ring (bicyclic) bond motifs is 3. The molecule has 1 aromatic carbocycles. The first-order valence-electron chi connectivity index (χ1n) is 18.5. The van der Waals surface area contributed by atoms with Crippen molar-refractivity contribution in [1.82, 2.24) is 43.9 Å². The lowest BCUT2D eigenvalue weighted by atomic mass is 9.73. The number of benzene rings is 1. The molecule has 0 bridgehead atoms. The monoisotopic (exact) mass is 805 g/mol. The lowest BCUT2D eigenvalue weighted by molar-refractivity contribution is -0.137. The number of aromatic nitrogens is 7. The maximum Gasteiger partial charge on any atom is 0.416 e. The molecule has 0 saturated carbocycles. The fourth-order valence-corrected chi connectivity index (χ4v) is 8.61. The number of carbonyl (C=O) groups is 2. The molecular formula is C38H39ClF3N11O4. The van der Waals surface area contributed by atoms with Crippen molar-refractivity contribution in [2.24, 2.45) is 0 Å². The molecule has 5 aromatic rings. The van der Waals surface area contributed by atoms with E-state index in [0.29, 0.717) is 36.1 Å². The summed E-state index contributed by atoms with van der Waals surface area (Å²) >= 11 is 6.19. The lowest BCUT2D eigenvalue weighted by Gasteiger charge is -2.39. The Bertz CT molecular complexity index is 2460. The molecule has 57 heavy (non-hydrogen) atoms. The summed E-state index contributed by atoms with van der Waals surface area (Å²) in [7, 11) is 2.07. The highest BCUT2D eigenvalue weighted by atomic mass is 35.5. The smallest absolute Gasteiger partial charge is 0.416 e. The molecule has 1 atom stereocenters. The van der Waals surface area contributed by atoms with E-state index in [1.54, 1.807) is 22.6 Å². The second-order valence-corrected chi connectivity index (χ2v) is 15.5. The van der Waals surface area contributed by atoms with Crippen molar-refractivity contribution < 1.29 is 27.9 Å². The second kappa shape index (κ2) is 14.4. The predicted molar refractivity (Wildman–Crippen MR) is 204 cm³/mol. The Morgan fingerprint density at radius 2 is 1.77 bits per heavy atom. The quantitative estimate of drug-likeness (QED) is 0.248. The van der Waals surface area contributed by atoms with Gasteiger partial charge in [0.1, 0.15) is 18.7 Å². The number of anilines is 2. The van der Waals surface area contributed by atoms with Crippen LogP contribution in [0.15, 0.2) is 47.7 Å². The van der Waals surface area contributed by atoms with Crippen molar-refractivity contribution in [2.75, 3.05) is 56.5 Å². The van der Waals surface area contributed by atoms with E-state index in [2.05, 4.69) is 42.2 Å². The molecule has 2 aliphatic heterocycles. The third-order valence-electron chi connectivity index (χ3n) is 11.4. The van der Waals surface area contributed by atoms with Gasteiger partial charge in [-0.15, -0.1) is 5.10 Å². The average molecular weight is 806 g/mol. The number of piperazine rings is 1. The maximum atomic E-state index is 14.7. The number of halogens is 4. The van der Waals surface area contributed by atoms with E-state index in [4.69, 9.17) is 16.6 Å². The number of nitrogens with zero attached hydrogens (tertiary/aromatic N) is 10. The molecule has 2 N–H and O–H groups in total. The van der Waals surface area contributed by atoms with Crippen molar-refractivity contribution in [3.63, 3.8) is 0 Å². The number of hydrogen-bond donors (Lipinski definition) is 2. The van der Waals surface area contributed by atoms with Crippen LogP contribution in [-0.4, -0.2) is 107 Å². The first-order valence-corrected chi connectivity index (χ1v) is 18.9. The molecule has 4 aromatic heterocycles. The van der Waals surface area contributed by atoms with Crippen LogP contribution in [0.5, 0.6) is 5.75 Å². The van der Waals surface area contributed by atoms with Crippen molar-refractivity contribution in [3.05, 3.63) is 86.4 Å². The standard InChI is InChI=1S/C38H39ClF3N11O4/c1-21-17-37(8-10-51(11-9-37)35(57)30-32(55)22(2)44-20-45-30)29-31(21)52(19-28(54)46-26-6-5-24(16-25(26)39)38(40,41)42)36-47-33(48-53(36)34(29)56)23-4-7-27(43-18-23)50-14-12-49(3)13-15-50/h4-7,16,18,20-21,55H,8-15,17,19H2,1-3H3,(H,46,54). The van der Waals surface area contributed by atoms with Gasteiger partial charge in [-0.2, -0.15) is 22.7 Å². The highest BCUT2D eigenvalue weighted by Crippen LogP contribution is 2.50. The molecule has 6 heterocycles. The highest BCUT2D eigenvalue weighted by molar-refractivity contribution is 6.33. The third-order valence-corrected chi connectivity index (χ3v) is 11.7. The van der Waals surface area contributed by atoms with Crippen molar-refractivity contribution >= 4 is 40.7 Å². The lowest BCUT2D eigenvalue weighted by Crippen LogP contribution is -2.46. The number of alkyl halides is 3. The molecule has 2 saturated heterocycles. The first-order chi connectivity index (χ1) is 27.1. The van der Waals surface area contributed by atoms with Crippen LogP contribution in [0.4, 0.5) is 24.7 Å². The molecule has 1 unspecified atom stereocenters. The Labute approximate surface area is 329 Å². The van der Waals surface area contributed by atoms with Crippen LogP contribution in [0, 0.1) is 6.92 Å². The Morgan fingerprint density at radius 3 is 2.44 bits per heavy atom. The van der Waals surface area contributed by atoms with Gasteiger partial charge in [0, 0.05) is 67.7 Å². The normalized spacial score (nSPS) is 18.3. The number of amides is 2. The minimum Gasteiger partial charge on any atom is -0.504 e. The number of likely N-dealkylation sites (N-methyl/N-ethyl adjacent to an activating group) is 1. The van der Waals surface area contributed by atoms with E-state index in [-0.39, 0.29) is 65.0 Å². The summed E-state index contributed by atoms with van der Waals surface area (Å²) in [6.07, 6.45) is -0.378. The molecule has 2 amide bonds. The Hall–Kier alpha value is -5.62. The summed E-state index contributed by atoms with van der Waals surface area (Å²) < 4.78 is 42.8. The number of piperidine rings is 1. The number of nitrogens with one attached hydrogen (secondary N) is 1. The van der Waals surface area contributed by atoms with Crippen molar-refractivity contribution in [2.45, 2.75) is 57.2 Å². The number of carbonyl (C=O) groups excluding carboxylic acids is 2. The molecule has 1 spiro atoms. The topological polar surface area (TPSA) is 167 Å². The Kier molecular flexibility index (Phi) is 9.66. The van der Waals surface area contributed by atoms with Gasteiger partial charge < -0.3 is 29.7 Å². The van der Waals surface area contributed by atoms with E-state index in [9.17, 15) is 32.7 Å². The second-order valence-electron chi connectivity index (χ2n) is 15.1. The van der Waals surface area contributed by atoms with Gasteiger partial charge in [0.05, 0.1) is 22.0 Å². The highest BCUT2D eigenvalue weighted by Gasteiger charge is 2.49. The number of aryl methyl sites for hydroxylation is 1. The van der Waals surface area contributed by atoms with E-state index in [1.165, 1.54) is 10.8 Å². The fourth-order valence-electron chi connectivity index (χ4n) is 8.38. The Balaban J connectivity index is 1.16. The predicted octanol–water partition coefficient (Wildman–Crippen LogP) is 4.50. The maximum absolute atomic E-state index is 14.7. The number of rotatable bonds is 6. The van der Waals surface area contributed by atoms with Crippen LogP contribution in [0.3, 0.4) is 0 Å². The van der Waals surface area contributed by atoms with Gasteiger partial charge in [-0.3, -0.25) is 14.4 Å². The van der Waals surface area contributed by atoms with Crippen LogP contribution in [0.1, 0.15) is 65.1 Å². The molecule has 19 heteroatoms. The molecule has 1 aliphatic carbocycles. The zero-order valence-corrected chi connectivity index (χ0v) is 32.1. The van der Waals surface area contributed by atoms with Crippen LogP contribution in [0.25, 0.3) is 17.2 Å². The number of hydrogen-bond acceptors (Lipinski definition) is 11. The molecule has 298 valence electrons. The van der Waals surface area contributed by atoms with E-state index >= 15 is 0 Å².